The molecule has 0 aromatic heterocycles. The number of nitrogens with zero attached hydrogens (tertiary/aromatic N) is 2. The van der Waals surface area contributed by atoms with E-state index in [0.717, 1.165) is 18.0 Å². The normalized spacial score (nSPS) is 9.86. The number of nitrogen functional groups attached to an aromatic ring is 1. The van der Waals surface area contributed by atoms with E-state index in [-0.39, 0.29) is 0 Å². The lowest BCUT2D eigenvalue weighted by molar-refractivity contribution is 0.324. The monoisotopic (exact) mass is 281 g/mol. The quantitative estimate of drug-likeness (QED) is 0.792. The molecule has 2 aromatic rings. The average Bonchev–Trinajstić information content (AvgIpc) is 2.51. The van der Waals surface area contributed by atoms with Crippen LogP contribution in [-0.2, 0) is 0 Å². The first-order valence-electron chi connectivity index (χ1n) is 6.95. The Balaban J connectivity index is 1.92. The summed E-state index contributed by atoms with van der Waals surface area (Å²) in [6, 6.07) is 19.6. The lowest BCUT2D eigenvalue weighted by atomic mass is 10.2. The zero-order chi connectivity index (χ0) is 14.9. The Morgan fingerprint density at radius 1 is 1.05 bits per heavy atom. The van der Waals surface area contributed by atoms with E-state index in [1.807, 2.05) is 54.6 Å². The predicted octanol–water partition coefficient (Wildman–Crippen LogP) is 3.07. The highest BCUT2D eigenvalue weighted by Gasteiger charge is 2.06. The second-order valence-electron chi connectivity index (χ2n) is 4.65. The van der Waals surface area contributed by atoms with Gasteiger partial charge in [0, 0.05) is 24.0 Å². The van der Waals surface area contributed by atoms with Crippen molar-refractivity contribution in [1.29, 1.82) is 5.26 Å². The molecule has 0 unspecified atom stereocenters. The standard InChI is InChI=1S/C17H19N3O/c18-10-5-11-20(16-7-2-1-3-8-16)12-13-21-17-9-4-6-15(19)14-17/h1-4,6-9,14H,5,11-13,19H2. The van der Waals surface area contributed by atoms with Crippen LogP contribution in [0.25, 0.3) is 0 Å². The number of benzene rings is 2. The van der Waals surface area contributed by atoms with Crippen LogP contribution in [0.3, 0.4) is 0 Å². The van der Waals surface area contributed by atoms with Crippen molar-refractivity contribution in [2.75, 3.05) is 30.3 Å². The fourth-order valence-electron chi connectivity index (χ4n) is 2.07. The van der Waals surface area contributed by atoms with E-state index in [0.29, 0.717) is 25.3 Å². The summed E-state index contributed by atoms with van der Waals surface area (Å²) in [7, 11) is 0. The molecule has 2 aromatic carbocycles. The molecule has 2 rings (SSSR count). The van der Waals surface area contributed by atoms with Gasteiger partial charge in [0.2, 0.25) is 0 Å². The Hall–Kier alpha value is -2.67. The van der Waals surface area contributed by atoms with Gasteiger partial charge in [-0.2, -0.15) is 5.26 Å². The lowest BCUT2D eigenvalue weighted by Gasteiger charge is -2.23. The van der Waals surface area contributed by atoms with Gasteiger partial charge in [-0.1, -0.05) is 24.3 Å². The van der Waals surface area contributed by atoms with Gasteiger partial charge in [-0.25, -0.2) is 0 Å². The minimum absolute atomic E-state index is 0.493. The van der Waals surface area contributed by atoms with Crippen molar-refractivity contribution in [3.8, 4) is 11.8 Å². The predicted molar refractivity (Wildman–Crippen MR) is 85.2 cm³/mol. The molecule has 0 heterocycles. The molecular weight excluding hydrogens is 262 g/mol. The smallest absolute Gasteiger partial charge is 0.121 e. The summed E-state index contributed by atoms with van der Waals surface area (Å²) in [5.41, 5.74) is 7.51. The number of hydrogen-bond acceptors (Lipinski definition) is 4. The van der Waals surface area contributed by atoms with Crippen LogP contribution in [0.15, 0.2) is 54.6 Å². The van der Waals surface area contributed by atoms with Gasteiger partial charge in [-0.05, 0) is 24.3 Å². The number of rotatable bonds is 7. The van der Waals surface area contributed by atoms with E-state index in [1.165, 1.54) is 0 Å². The molecule has 0 fully saturated rings. The fourth-order valence-corrected chi connectivity index (χ4v) is 2.07. The van der Waals surface area contributed by atoms with Gasteiger partial charge in [0.1, 0.15) is 12.4 Å². The topological polar surface area (TPSA) is 62.3 Å². The first kappa shape index (κ1) is 14.7. The van der Waals surface area contributed by atoms with Gasteiger partial charge < -0.3 is 15.4 Å². The summed E-state index contributed by atoms with van der Waals surface area (Å²) in [5.74, 6) is 0.767. The molecule has 4 nitrogen and oxygen atoms in total. The summed E-state index contributed by atoms with van der Waals surface area (Å²) in [5, 5.41) is 8.77. The SMILES string of the molecule is N#CCCN(CCOc1cccc(N)c1)c1ccccc1. The average molecular weight is 281 g/mol. The fraction of sp³-hybridized carbons (Fsp3) is 0.235. The third-order valence-electron chi connectivity index (χ3n) is 3.10. The van der Waals surface area contributed by atoms with Crippen LogP contribution in [0.1, 0.15) is 6.42 Å². The van der Waals surface area contributed by atoms with Crippen molar-refractivity contribution in [3.63, 3.8) is 0 Å². The molecule has 0 spiro atoms. The van der Waals surface area contributed by atoms with Gasteiger partial charge in [0.05, 0.1) is 19.0 Å². The number of ether oxygens (including phenoxy) is 1. The van der Waals surface area contributed by atoms with Gasteiger partial charge in [-0.15, -0.1) is 0 Å². The van der Waals surface area contributed by atoms with Crippen LogP contribution in [0.5, 0.6) is 5.75 Å². The molecule has 21 heavy (non-hydrogen) atoms. The summed E-state index contributed by atoms with van der Waals surface area (Å²) in [4.78, 5) is 2.15. The number of nitriles is 1. The summed E-state index contributed by atoms with van der Waals surface area (Å²) in [6.07, 6.45) is 0.493. The van der Waals surface area contributed by atoms with Gasteiger partial charge in [-0.3, -0.25) is 0 Å². The van der Waals surface area contributed by atoms with Crippen LogP contribution < -0.4 is 15.4 Å². The Bertz CT molecular complexity index is 592. The number of para-hydroxylation sites is 1. The van der Waals surface area contributed by atoms with Crippen molar-refractivity contribution in [2.24, 2.45) is 0 Å². The zero-order valence-electron chi connectivity index (χ0n) is 11.9. The van der Waals surface area contributed by atoms with E-state index in [2.05, 4.69) is 11.0 Å². The molecule has 0 aliphatic heterocycles. The third kappa shape index (κ3) is 4.73. The van der Waals surface area contributed by atoms with Crippen LogP contribution in [0, 0.1) is 11.3 Å². The maximum atomic E-state index is 8.77. The molecular formula is C17H19N3O. The highest BCUT2D eigenvalue weighted by molar-refractivity contribution is 5.46. The molecule has 0 bridgehead atoms. The number of hydrogen-bond donors (Lipinski definition) is 1. The molecule has 0 atom stereocenters. The number of nitrogens with two attached hydrogens (primary N) is 1. The van der Waals surface area contributed by atoms with E-state index >= 15 is 0 Å². The van der Waals surface area contributed by atoms with Gasteiger partial charge in [0.25, 0.3) is 0 Å². The van der Waals surface area contributed by atoms with Crippen LogP contribution in [0.2, 0.25) is 0 Å². The largest absolute Gasteiger partial charge is 0.492 e. The first-order chi connectivity index (χ1) is 10.3. The Morgan fingerprint density at radius 3 is 2.57 bits per heavy atom. The molecule has 0 amide bonds. The highest BCUT2D eigenvalue weighted by Crippen LogP contribution is 2.16. The minimum Gasteiger partial charge on any atom is -0.492 e. The summed E-state index contributed by atoms with van der Waals surface area (Å²) < 4.78 is 5.71. The van der Waals surface area contributed by atoms with Gasteiger partial charge in [0.15, 0.2) is 0 Å². The molecule has 2 N–H and O–H groups in total. The van der Waals surface area contributed by atoms with Crippen LogP contribution >= 0.6 is 0 Å². The second kappa shape index (κ2) is 7.81. The maximum Gasteiger partial charge on any atom is 0.121 e. The Labute approximate surface area is 125 Å². The molecule has 0 saturated heterocycles. The van der Waals surface area contributed by atoms with E-state index < -0.39 is 0 Å². The first-order valence-corrected chi connectivity index (χ1v) is 6.95. The van der Waals surface area contributed by atoms with Crippen molar-refractivity contribution in [2.45, 2.75) is 6.42 Å². The van der Waals surface area contributed by atoms with Crippen LogP contribution in [0.4, 0.5) is 11.4 Å². The molecule has 108 valence electrons. The van der Waals surface area contributed by atoms with Crippen molar-refractivity contribution in [1.82, 2.24) is 0 Å². The molecule has 0 saturated carbocycles. The number of anilines is 2. The second-order valence-corrected chi connectivity index (χ2v) is 4.65. The summed E-state index contributed by atoms with van der Waals surface area (Å²) in [6.45, 7) is 1.96. The van der Waals surface area contributed by atoms with E-state index in [9.17, 15) is 0 Å². The Morgan fingerprint density at radius 2 is 1.86 bits per heavy atom. The molecule has 0 radical (unpaired) electrons. The summed E-state index contributed by atoms with van der Waals surface area (Å²) >= 11 is 0. The van der Waals surface area contributed by atoms with Crippen molar-refractivity contribution < 1.29 is 4.74 Å². The van der Waals surface area contributed by atoms with E-state index in [1.54, 1.807) is 0 Å². The van der Waals surface area contributed by atoms with E-state index in [4.69, 9.17) is 15.7 Å². The van der Waals surface area contributed by atoms with Gasteiger partial charge >= 0.3 is 0 Å². The molecule has 0 aliphatic carbocycles. The Kier molecular flexibility index (Phi) is 5.48. The molecule has 0 aliphatic rings. The van der Waals surface area contributed by atoms with Crippen molar-refractivity contribution >= 4 is 11.4 Å². The third-order valence-corrected chi connectivity index (χ3v) is 3.10. The molecule has 4 heteroatoms. The highest BCUT2D eigenvalue weighted by atomic mass is 16.5. The zero-order valence-corrected chi connectivity index (χ0v) is 11.9. The lowest BCUT2D eigenvalue weighted by Crippen LogP contribution is -2.29. The van der Waals surface area contributed by atoms with Crippen LogP contribution in [-0.4, -0.2) is 19.7 Å². The maximum absolute atomic E-state index is 8.77. The minimum atomic E-state index is 0.493. The van der Waals surface area contributed by atoms with Crippen molar-refractivity contribution in [3.05, 3.63) is 54.6 Å².